The SMILES string of the molecule is Cc1ccc(NCC(=O)NCCCc2ccccc2)c(Br)c1. The number of carbonyl (C=O) groups is 1. The van der Waals surface area contributed by atoms with Gasteiger partial charge in [-0.05, 0) is 59.0 Å². The molecule has 0 bridgehead atoms. The Hall–Kier alpha value is -1.81. The van der Waals surface area contributed by atoms with Crippen LogP contribution in [0.1, 0.15) is 17.5 Å². The number of benzene rings is 2. The molecule has 0 aliphatic heterocycles. The Balaban J connectivity index is 1.65. The highest BCUT2D eigenvalue weighted by atomic mass is 79.9. The van der Waals surface area contributed by atoms with Gasteiger partial charge < -0.3 is 10.6 Å². The van der Waals surface area contributed by atoms with Crippen molar-refractivity contribution in [3.8, 4) is 0 Å². The third kappa shape index (κ3) is 5.53. The van der Waals surface area contributed by atoms with Gasteiger partial charge in [0.25, 0.3) is 0 Å². The van der Waals surface area contributed by atoms with E-state index < -0.39 is 0 Å². The fourth-order valence-corrected chi connectivity index (χ4v) is 2.80. The molecule has 0 unspecified atom stereocenters. The lowest BCUT2D eigenvalue weighted by molar-refractivity contribution is -0.119. The molecule has 0 heterocycles. The minimum atomic E-state index is 0.0144. The lowest BCUT2D eigenvalue weighted by atomic mass is 10.1. The first-order chi connectivity index (χ1) is 10.6. The number of halogens is 1. The van der Waals surface area contributed by atoms with Crippen molar-refractivity contribution in [2.75, 3.05) is 18.4 Å². The van der Waals surface area contributed by atoms with Crippen LogP contribution >= 0.6 is 15.9 Å². The Morgan fingerprint density at radius 1 is 1.14 bits per heavy atom. The zero-order valence-electron chi connectivity index (χ0n) is 12.7. The minimum absolute atomic E-state index is 0.0144. The first-order valence-electron chi connectivity index (χ1n) is 7.46. The number of anilines is 1. The van der Waals surface area contributed by atoms with Gasteiger partial charge in [-0.15, -0.1) is 0 Å². The largest absolute Gasteiger partial charge is 0.375 e. The highest BCUT2D eigenvalue weighted by Crippen LogP contribution is 2.22. The molecule has 116 valence electrons. The number of amides is 1. The van der Waals surface area contributed by atoms with Gasteiger partial charge in [0.1, 0.15) is 0 Å². The molecule has 4 heteroatoms. The van der Waals surface area contributed by atoms with Crippen molar-refractivity contribution in [2.45, 2.75) is 19.8 Å². The lowest BCUT2D eigenvalue weighted by Crippen LogP contribution is -2.30. The number of hydrogen-bond acceptors (Lipinski definition) is 2. The predicted molar refractivity (Wildman–Crippen MR) is 95.1 cm³/mol. The Morgan fingerprint density at radius 2 is 1.91 bits per heavy atom. The third-order valence-corrected chi connectivity index (χ3v) is 4.03. The number of nitrogens with one attached hydrogen (secondary N) is 2. The molecule has 1 amide bonds. The molecule has 0 saturated carbocycles. The molecule has 0 aliphatic carbocycles. The molecular weight excluding hydrogens is 340 g/mol. The van der Waals surface area contributed by atoms with E-state index >= 15 is 0 Å². The number of aryl methyl sites for hydroxylation is 2. The van der Waals surface area contributed by atoms with E-state index in [2.05, 4.69) is 38.7 Å². The van der Waals surface area contributed by atoms with Gasteiger partial charge in [0.2, 0.25) is 5.91 Å². The van der Waals surface area contributed by atoms with Gasteiger partial charge in [-0.3, -0.25) is 4.79 Å². The van der Waals surface area contributed by atoms with Crippen molar-refractivity contribution in [3.63, 3.8) is 0 Å². The molecule has 2 aromatic rings. The van der Waals surface area contributed by atoms with Gasteiger partial charge in [-0.25, -0.2) is 0 Å². The van der Waals surface area contributed by atoms with Crippen LogP contribution in [0.25, 0.3) is 0 Å². The molecule has 0 aromatic heterocycles. The van der Waals surface area contributed by atoms with Crippen LogP contribution in [0.4, 0.5) is 5.69 Å². The summed E-state index contributed by atoms with van der Waals surface area (Å²) in [6, 6.07) is 16.3. The molecule has 2 N–H and O–H groups in total. The Labute approximate surface area is 140 Å². The Kier molecular flexibility index (Phi) is 6.46. The minimum Gasteiger partial charge on any atom is -0.375 e. The van der Waals surface area contributed by atoms with Crippen molar-refractivity contribution < 1.29 is 4.79 Å². The van der Waals surface area contributed by atoms with E-state index in [1.807, 2.05) is 43.3 Å². The lowest BCUT2D eigenvalue weighted by Gasteiger charge is -2.10. The summed E-state index contributed by atoms with van der Waals surface area (Å²) in [4.78, 5) is 11.8. The summed E-state index contributed by atoms with van der Waals surface area (Å²) >= 11 is 3.49. The fourth-order valence-electron chi connectivity index (χ4n) is 2.17. The van der Waals surface area contributed by atoms with E-state index in [1.165, 1.54) is 11.1 Å². The van der Waals surface area contributed by atoms with Crippen LogP contribution in [-0.2, 0) is 11.2 Å². The maximum absolute atomic E-state index is 11.8. The number of carbonyl (C=O) groups excluding carboxylic acids is 1. The fraction of sp³-hybridized carbons (Fsp3) is 0.278. The van der Waals surface area contributed by atoms with Gasteiger partial charge in [0, 0.05) is 16.7 Å². The monoisotopic (exact) mass is 360 g/mol. The van der Waals surface area contributed by atoms with Crippen LogP contribution in [0.3, 0.4) is 0 Å². The Bertz CT molecular complexity index is 614. The van der Waals surface area contributed by atoms with Gasteiger partial charge >= 0.3 is 0 Å². The Morgan fingerprint density at radius 3 is 2.64 bits per heavy atom. The first-order valence-corrected chi connectivity index (χ1v) is 8.25. The number of hydrogen-bond donors (Lipinski definition) is 2. The summed E-state index contributed by atoms with van der Waals surface area (Å²) in [5.41, 5.74) is 3.42. The van der Waals surface area contributed by atoms with Crippen LogP contribution in [0, 0.1) is 6.92 Å². The first kappa shape index (κ1) is 16.6. The van der Waals surface area contributed by atoms with Crippen molar-refractivity contribution in [2.24, 2.45) is 0 Å². The molecule has 0 radical (unpaired) electrons. The van der Waals surface area contributed by atoms with Gasteiger partial charge in [0.15, 0.2) is 0 Å². The van der Waals surface area contributed by atoms with E-state index in [4.69, 9.17) is 0 Å². The van der Waals surface area contributed by atoms with Crippen LogP contribution in [0.15, 0.2) is 53.0 Å². The second kappa shape index (κ2) is 8.59. The van der Waals surface area contributed by atoms with Crippen molar-refractivity contribution in [1.29, 1.82) is 0 Å². The molecule has 2 rings (SSSR count). The van der Waals surface area contributed by atoms with Crippen LogP contribution < -0.4 is 10.6 Å². The van der Waals surface area contributed by atoms with Gasteiger partial charge in [-0.1, -0.05) is 36.4 Å². The van der Waals surface area contributed by atoms with Gasteiger partial charge in [0.05, 0.1) is 6.54 Å². The van der Waals surface area contributed by atoms with Gasteiger partial charge in [-0.2, -0.15) is 0 Å². The molecule has 0 spiro atoms. The van der Waals surface area contributed by atoms with E-state index in [1.54, 1.807) is 0 Å². The molecule has 22 heavy (non-hydrogen) atoms. The van der Waals surface area contributed by atoms with Crippen molar-refractivity contribution >= 4 is 27.5 Å². The summed E-state index contributed by atoms with van der Waals surface area (Å²) in [5.74, 6) is 0.0144. The van der Waals surface area contributed by atoms with Crippen molar-refractivity contribution in [1.82, 2.24) is 5.32 Å². The summed E-state index contributed by atoms with van der Waals surface area (Å²) in [7, 11) is 0. The normalized spacial score (nSPS) is 10.3. The molecule has 0 fully saturated rings. The van der Waals surface area contributed by atoms with Crippen molar-refractivity contribution in [3.05, 3.63) is 64.1 Å². The van der Waals surface area contributed by atoms with E-state index in [-0.39, 0.29) is 12.5 Å². The van der Waals surface area contributed by atoms with Crippen LogP contribution in [0.5, 0.6) is 0 Å². The summed E-state index contributed by atoms with van der Waals surface area (Å²) in [5, 5.41) is 6.08. The second-order valence-corrected chi connectivity index (χ2v) is 6.13. The third-order valence-electron chi connectivity index (χ3n) is 3.37. The molecular formula is C18H21BrN2O. The standard InChI is InChI=1S/C18H21BrN2O/c1-14-9-10-17(16(19)12-14)21-13-18(22)20-11-5-8-15-6-3-2-4-7-15/h2-4,6-7,9-10,12,21H,5,8,11,13H2,1H3,(H,20,22). The molecule has 2 aromatic carbocycles. The molecule has 3 nitrogen and oxygen atoms in total. The highest BCUT2D eigenvalue weighted by molar-refractivity contribution is 9.10. The maximum Gasteiger partial charge on any atom is 0.239 e. The highest BCUT2D eigenvalue weighted by Gasteiger charge is 2.03. The zero-order valence-corrected chi connectivity index (χ0v) is 14.3. The summed E-state index contributed by atoms with van der Waals surface area (Å²) < 4.78 is 0.976. The molecule has 0 atom stereocenters. The average Bonchev–Trinajstić information content (AvgIpc) is 2.52. The van der Waals surface area contributed by atoms with Crippen LogP contribution in [0.2, 0.25) is 0 Å². The predicted octanol–water partition coefficient (Wildman–Crippen LogP) is 3.92. The van der Waals surface area contributed by atoms with E-state index in [0.717, 1.165) is 23.0 Å². The number of rotatable bonds is 7. The average molecular weight is 361 g/mol. The second-order valence-electron chi connectivity index (χ2n) is 5.28. The quantitative estimate of drug-likeness (QED) is 0.734. The van der Waals surface area contributed by atoms with E-state index in [0.29, 0.717) is 6.54 Å². The zero-order chi connectivity index (χ0) is 15.8. The topological polar surface area (TPSA) is 41.1 Å². The molecule has 0 aliphatic rings. The smallest absolute Gasteiger partial charge is 0.239 e. The summed E-state index contributed by atoms with van der Waals surface area (Å²) in [6.07, 6.45) is 1.93. The summed E-state index contributed by atoms with van der Waals surface area (Å²) in [6.45, 7) is 3.02. The van der Waals surface area contributed by atoms with Crippen LogP contribution in [-0.4, -0.2) is 19.0 Å². The maximum atomic E-state index is 11.8. The van der Waals surface area contributed by atoms with E-state index in [9.17, 15) is 4.79 Å². The molecule has 0 saturated heterocycles.